The molecule has 2 aromatic heterocycles. The van der Waals surface area contributed by atoms with Crippen LogP contribution in [0.5, 0.6) is 0 Å². The van der Waals surface area contributed by atoms with Gasteiger partial charge in [-0.3, -0.25) is 9.89 Å². The van der Waals surface area contributed by atoms with Crippen LogP contribution in [0.25, 0.3) is 11.4 Å². The third kappa shape index (κ3) is 4.92. The molecule has 1 aromatic carbocycles. The molecular formula is C18H20ClN5O2. The van der Waals surface area contributed by atoms with E-state index in [1.165, 1.54) is 5.56 Å². The molecule has 0 aliphatic rings. The van der Waals surface area contributed by atoms with E-state index in [1.807, 2.05) is 25.3 Å². The molecule has 0 saturated carbocycles. The minimum Gasteiger partial charge on any atom is -0.356 e. The van der Waals surface area contributed by atoms with Crippen molar-refractivity contribution in [2.75, 3.05) is 6.54 Å². The molecule has 2 N–H and O–H groups in total. The Bertz CT molecular complexity index is 857. The average molecular weight is 374 g/mol. The molecule has 3 aromatic rings. The number of nitrogens with zero attached hydrogens (tertiary/aromatic N) is 3. The number of hydrogen-bond donors (Lipinski definition) is 2. The molecule has 0 radical (unpaired) electrons. The van der Waals surface area contributed by atoms with Gasteiger partial charge in [0.15, 0.2) is 0 Å². The topological polar surface area (TPSA) is 96.7 Å². The van der Waals surface area contributed by atoms with Gasteiger partial charge in [0.1, 0.15) is 0 Å². The van der Waals surface area contributed by atoms with E-state index >= 15 is 0 Å². The fourth-order valence-electron chi connectivity index (χ4n) is 2.52. The lowest BCUT2D eigenvalue weighted by atomic mass is 10.1. The minimum atomic E-state index is -0.0276. The van der Waals surface area contributed by atoms with Crippen LogP contribution in [0, 0.1) is 6.92 Å². The summed E-state index contributed by atoms with van der Waals surface area (Å²) in [7, 11) is 0. The Morgan fingerprint density at radius 1 is 1.27 bits per heavy atom. The zero-order valence-electron chi connectivity index (χ0n) is 14.5. The summed E-state index contributed by atoms with van der Waals surface area (Å²) in [4.78, 5) is 16.2. The number of carbonyl (C=O) groups excluding carboxylic acids is 1. The predicted molar refractivity (Wildman–Crippen MR) is 97.7 cm³/mol. The molecule has 0 spiro atoms. The summed E-state index contributed by atoms with van der Waals surface area (Å²) in [6.45, 7) is 2.62. The molecule has 7 nitrogen and oxygen atoms in total. The second-order valence-corrected chi connectivity index (χ2v) is 6.43. The molecule has 0 atom stereocenters. The first-order valence-electron chi connectivity index (χ1n) is 8.46. The Kier molecular flexibility index (Phi) is 6.01. The lowest BCUT2D eigenvalue weighted by Crippen LogP contribution is -2.25. The molecule has 0 fully saturated rings. The Morgan fingerprint density at radius 3 is 2.81 bits per heavy atom. The van der Waals surface area contributed by atoms with Crippen molar-refractivity contribution in [3.63, 3.8) is 0 Å². The third-order valence-corrected chi connectivity index (χ3v) is 4.27. The Hall–Kier alpha value is -2.67. The maximum atomic E-state index is 11.9. The van der Waals surface area contributed by atoms with Crippen molar-refractivity contribution in [1.82, 2.24) is 25.7 Å². The van der Waals surface area contributed by atoms with Gasteiger partial charge in [-0.25, -0.2) is 0 Å². The lowest BCUT2D eigenvalue weighted by Gasteiger charge is -2.03. The van der Waals surface area contributed by atoms with Crippen molar-refractivity contribution in [2.24, 2.45) is 0 Å². The normalized spacial score (nSPS) is 10.8. The maximum Gasteiger partial charge on any atom is 0.227 e. The van der Waals surface area contributed by atoms with Crippen LogP contribution in [0.2, 0.25) is 5.02 Å². The third-order valence-electron chi connectivity index (χ3n) is 4.02. The van der Waals surface area contributed by atoms with Gasteiger partial charge >= 0.3 is 0 Å². The summed E-state index contributed by atoms with van der Waals surface area (Å²) >= 11 is 5.86. The summed E-state index contributed by atoms with van der Waals surface area (Å²) < 4.78 is 5.20. The van der Waals surface area contributed by atoms with Crippen molar-refractivity contribution in [3.8, 4) is 11.4 Å². The number of aryl methyl sites for hydroxylation is 3. The van der Waals surface area contributed by atoms with Gasteiger partial charge in [-0.1, -0.05) is 16.8 Å². The molecule has 0 saturated heterocycles. The number of hydrogen-bond acceptors (Lipinski definition) is 5. The zero-order chi connectivity index (χ0) is 18.4. The first kappa shape index (κ1) is 18.1. The first-order chi connectivity index (χ1) is 12.6. The van der Waals surface area contributed by atoms with E-state index in [9.17, 15) is 4.79 Å². The van der Waals surface area contributed by atoms with E-state index in [4.69, 9.17) is 16.1 Å². The fraction of sp³-hybridized carbons (Fsp3) is 0.333. The highest BCUT2D eigenvalue weighted by molar-refractivity contribution is 6.30. The van der Waals surface area contributed by atoms with Gasteiger partial charge in [0.25, 0.3) is 0 Å². The van der Waals surface area contributed by atoms with E-state index in [1.54, 1.807) is 12.1 Å². The summed E-state index contributed by atoms with van der Waals surface area (Å²) in [5.74, 6) is 0.909. The van der Waals surface area contributed by atoms with Gasteiger partial charge < -0.3 is 9.84 Å². The van der Waals surface area contributed by atoms with Crippen LogP contribution < -0.4 is 5.32 Å². The van der Waals surface area contributed by atoms with Gasteiger partial charge in [-0.05, 0) is 49.6 Å². The number of halogens is 1. The van der Waals surface area contributed by atoms with Gasteiger partial charge in [0.2, 0.25) is 17.6 Å². The van der Waals surface area contributed by atoms with Gasteiger partial charge in [0.05, 0.1) is 6.20 Å². The molecule has 0 aliphatic carbocycles. The number of nitrogens with one attached hydrogen (secondary N) is 2. The van der Waals surface area contributed by atoms with Crippen molar-refractivity contribution in [1.29, 1.82) is 0 Å². The average Bonchev–Trinajstić information content (AvgIpc) is 3.27. The summed E-state index contributed by atoms with van der Waals surface area (Å²) in [5.41, 5.74) is 3.08. The number of benzene rings is 1. The largest absolute Gasteiger partial charge is 0.356 e. The summed E-state index contributed by atoms with van der Waals surface area (Å²) in [6, 6.07) is 7.19. The summed E-state index contributed by atoms with van der Waals surface area (Å²) in [6.07, 6.45) is 4.30. The van der Waals surface area contributed by atoms with Crippen LogP contribution in [0.1, 0.15) is 30.0 Å². The molecule has 136 valence electrons. The van der Waals surface area contributed by atoms with Gasteiger partial charge in [-0.2, -0.15) is 10.1 Å². The van der Waals surface area contributed by atoms with E-state index < -0.39 is 0 Å². The standard InChI is InChI=1S/C18H20ClN5O2/c1-12-14(11-21-23-12)3-2-10-20-16(25)8-9-17-22-18(24-26-17)13-4-6-15(19)7-5-13/h4-7,11H,2-3,8-10H2,1H3,(H,20,25)(H,21,23). The molecule has 0 unspecified atom stereocenters. The highest BCUT2D eigenvalue weighted by atomic mass is 35.5. The first-order valence-corrected chi connectivity index (χ1v) is 8.83. The molecule has 0 bridgehead atoms. The SMILES string of the molecule is Cc1[nH]ncc1CCCNC(=O)CCc1nc(-c2ccc(Cl)cc2)no1. The molecule has 1 amide bonds. The van der Waals surface area contributed by atoms with Gasteiger partial charge in [-0.15, -0.1) is 0 Å². The van der Waals surface area contributed by atoms with Crippen molar-refractivity contribution in [2.45, 2.75) is 32.6 Å². The molecule has 0 aliphatic heterocycles. The quantitative estimate of drug-likeness (QED) is 0.591. The van der Waals surface area contributed by atoms with E-state index in [2.05, 4.69) is 25.7 Å². The number of amides is 1. The highest BCUT2D eigenvalue weighted by Crippen LogP contribution is 2.18. The molecule has 2 heterocycles. The molecule has 3 rings (SSSR count). The molecule has 8 heteroatoms. The Labute approximate surface area is 156 Å². The van der Waals surface area contributed by atoms with Crippen LogP contribution in [0.4, 0.5) is 0 Å². The molecular weight excluding hydrogens is 354 g/mol. The molecule has 26 heavy (non-hydrogen) atoms. The van der Waals surface area contributed by atoms with Crippen LogP contribution in [0.3, 0.4) is 0 Å². The Balaban J connectivity index is 1.39. The second-order valence-electron chi connectivity index (χ2n) is 5.99. The Morgan fingerprint density at radius 2 is 2.08 bits per heavy atom. The van der Waals surface area contributed by atoms with Crippen LogP contribution in [0.15, 0.2) is 35.0 Å². The fourth-order valence-corrected chi connectivity index (χ4v) is 2.64. The van der Waals surface area contributed by atoms with Crippen LogP contribution in [-0.4, -0.2) is 32.8 Å². The predicted octanol–water partition coefficient (Wildman–Crippen LogP) is 3.10. The van der Waals surface area contributed by atoms with E-state index in [0.29, 0.717) is 36.1 Å². The lowest BCUT2D eigenvalue weighted by molar-refractivity contribution is -0.121. The van der Waals surface area contributed by atoms with Crippen molar-refractivity contribution >= 4 is 17.5 Å². The monoisotopic (exact) mass is 373 g/mol. The number of carbonyl (C=O) groups is 1. The minimum absolute atomic E-state index is 0.0276. The smallest absolute Gasteiger partial charge is 0.227 e. The number of aromatic amines is 1. The zero-order valence-corrected chi connectivity index (χ0v) is 15.2. The maximum absolute atomic E-state index is 11.9. The van der Waals surface area contributed by atoms with Crippen molar-refractivity contribution < 1.29 is 9.32 Å². The van der Waals surface area contributed by atoms with Crippen molar-refractivity contribution in [3.05, 3.63) is 52.6 Å². The number of H-pyrrole nitrogens is 1. The van der Waals surface area contributed by atoms with Crippen LogP contribution >= 0.6 is 11.6 Å². The summed E-state index contributed by atoms with van der Waals surface area (Å²) in [5, 5.41) is 14.4. The highest BCUT2D eigenvalue weighted by Gasteiger charge is 2.10. The number of rotatable bonds is 8. The second kappa shape index (κ2) is 8.62. The number of aromatic nitrogens is 4. The van der Waals surface area contributed by atoms with Crippen LogP contribution in [-0.2, 0) is 17.6 Å². The van der Waals surface area contributed by atoms with Gasteiger partial charge in [0, 0.05) is 35.7 Å². The van der Waals surface area contributed by atoms with E-state index in [0.717, 1.165) is 24.1 Å². The van der Waals surface area contributed by atoms with E-state index in [-0.39, 0.29) is 5.91 Å².